The lowest BCUT2D eigenvalue weighted by Crippen LogP contribution is -2.15. The Bertz CT molecular complexity index is 218. The summed E-state index contributed by atoms with van der Waals surface area (Å²) in [6.07, 6.45) is -0.623. The van der Waals surface area contributed by atoms with Crippen molar-refractivity contribution < 1.29 is 22.1 Å². The topological polar surface area (TPSA) is 69.7 Å². The van der Waals surface area contributed by atoms with E-state index in [0.29, 0.717) is 0 Å². The maximum Gasteiger partial charge on any atom is 0.293 e. The largest absolute Gasteiger partial charge is 0.461 e. The zero-order chi connectivity index (χ0) is 7.61. The van der Waals surface area contributed by atoms with Crippen LogP contribution < -0.4 is 0 Å². The summed E-state index contributed by atoms with van der Waals surface area (Å²) in [7, 11) is -3.40. The highest BCUT2D eigenvalue weighted by Gasteiger charge is 2.29. The first-order valence-corrected chi connectivity index (χ1v) is 4.18. The van der Waals surface area contributed by atoms with Crippen molar-refractivity contribution in [1.29, 1.82) is 0 Å². The highest BCUT2D eigenvalue weighted by Crippen LogP contribution is 2.09. The molecule has 0 saturated carbocycles. The van der Waals surface area contributed by atoms with Crippen LogP contribution in [0.4, 0.5) is 0 Å². The molecule has 1 fully saturated rings. The van der Waals surface area contributed by atoms with Gasteiger partial charge in [0.05, 0.1) is 0 Å². The molecule has 1 aliphatic rings. The lowest BCUT2D eigenvalue weighted by Gasteiger charge is -1.99. The van der Waals surface area contributed by atoms with Crippen LogP contribution in [-0.4, -0.2) is 33.4 Å². The molecular formula is C4H6O5S. The third-order valence-corrected chi connectivity index (χ3v) is 2.35. The van der Waals surface area contributed by atoms with E-state index in [1.165, 1.54) is 0 Å². The molecule has 6 heteroatoms. The second kappa shape index (κ2) is 2.55. The van der Waals surface area contributed by atoms with Gasteiger partial charge in [0.2, 0.25) is 0 Å². The summed E-state index contributed by atoms with van der Waals surface area (Å²) < 4.78 is 29.6. The zero-order valence-corrected chi connectivity index (χ0v) is 5.83. The molecule has 1 rings (SSSR count). The van der Waals surface area contributed by atoms with E-state index < -0.39 is 16.2 Å². The summed E-state index contributed by atoms with van der Waals surface area (Å²) in [5, 5.41) is 0. The summed E-state index contributed by atoms with van der Waals surface area (Å²) in [6.45, 7) is 0.163. The first-order chi connectivity index (χ1) is 4.64. The van der Waals surface area contributed by atoms with E-state index in [1.807, 2.05) is 0 Å². The van der Waals surface area contributed by atoms with Crippen molar-refractivity contribution in [3.8, 4) is 0 Å². The van der Waals surface area contributed by atoms with Crippen LogP contribution in [-0.2, 0) is 23.8 Å². The summed E-state index contributed by atoms with van der Waals surface area (Å²) in [5.74, 6) is -0.230. The number of ether oxygens (including phenoxy) is 1. The molecule has 0 aromatic heterocycles. The van der Waals surface area contributed by atoms with Crippen LogP contribution in [0.5, 0.6) is 0 Å². The van der Waals surface area contributed by atoms with Crippen LogP contribution in [0, 0.1) is 0 Å². The van der Waals surface area contributed by atoms with Gasteiger partial charge in [-0.1, -0.05) is 0 Å². The highest BCUT2D eigenvalue weighted by atomic mass is 32.2. The molecule has 10 heavy (non-hydrogen) atoms. The third kappa shape index (κ3) is 1.68. The molecule has 58 valence electrons. The van der Waals surface area contributed by atoms with E-state index in [9.17, 15) is 13.2 Å². The minimum atomic E-state index is -3.40. The molecule has 0 aromatic rings. The van der Waals surface area contributed by atoms with Crippen LogP contribution >= 0.6 is 0 Å². The van der Waals surface area contributed by atoms with Crippen molar-refractivity contribution in [2.45, 2.75) is 6.10 Å². The number of rotatable bonds is 2. The van der Waals surface area contributed by atoms with E-state index in [1.54, 1.807) is 0 Å². The summed E-state index contributed by atoms with van der Waals surface area (Å²) in [6, 6.07) is 0. The normalized spacial score (nSPS) is 29.8. The Kier molecular flexibility index (Phi) is 1.91. The van der Waals surface area contributed by atoms with Crippen LogP contribution in [0.3, 0.4) is 0 Å². The van der Waals surface area contributed by atoms with E-state index in [0.717, 1.165) is 0 Å². The molecule has 1 atom stereocenters. The maximum atomic E-state index is 10.5. The van der Waals surface area contributed by atoms with E-state index in [4.69, 9.17) is 0 Å². The average molecular weight is 166 g/mol. The van der Waals surface area contributed by atoms with Gasteiger partial charge >= 0.3 is 0 Å². The van der Waals surface area contributed by atoms with Crippen LogP contribution in [0.15, 0.2) is 0 Å². The molecule has 0 spiro atoms. The highest BCUT2D eigenvalue weighted by molar-refractivity contribution is 7.87. The molecule has 0 radical (unpaired) electrons. The second-order valence-electron chi connectivity index (χ2n) is 1.86. The molecule has 0 amide bonds. The molecular weight excluding hydrogens is 160 g/mol. The molecule has 0 aliphatic carbocycles. The minimum absolute atomic E-state index is 0.0545. The quantitative estimate of drug-likeness (QED) is 0.384. The molecule has 1 saturated heterocycles. The molecule has 0 bridgehead atoms. The van der Waals surface area contributed by atoms with E-state index in [2.05, 4.69) is 8.92 Å². The van der Waals surface area contributed by atoms with Gasteiger partial charge in [-0.25, -0.2) is 0 Å². The fourth-order valence-corrected chi connectivity index (χ4v) is 1.75. The van der Waals surface area contributed by atoms with Crippen molar-refractivity contribution in [2.75, 3.05) is 12.4 Å². The van der Waals surface area contributed by atoms with Gasteiger partial charge in [-0.2, -0.15) is 8.42 Å². The number of hydrogen-bond acceptors (Lipinski definition) is 5. The molecule has 1 heterocycles. The standard InChI is InChI=1S/C4H6O5S/c5-3-8-4-1-9-10(6,7)2-4/h3-4H,1-2H2. The Morgan fingerprint density at radius 3 is 2.70 bits per heavy atom. The molecule has 1 aliphatic heterocycles. The van der Waals surface area contributed by atoms with Gasteiger partial charge in [-0.15, -0.1) is 0 Å². The Labute approximate surface area is 58.1 Å². The van der Waals surface area contributed by atoms with Gasteiger partial charge in [0.25, 0.3) is 16.6 Å². The smallest absolute Gasteiger partial charge is 0.293 e. The molecule has 1 unspecified atom stereocenters. The van der Waals surface area contributed by atoms with Gasteiger partial charge in [-0.05, 0) is 0 Å². The second-order valence-corrected chi connectivity index (χ2v) is 3.55. The monoisotopic (exact) mass is 166 g/mol. The molecule has 0 N–H and O–H groups in total. The third-order valence-electron chi connectivity index (χ3n) is 1.07. The summed E-state index contributed by atoms with van der Waals surface area (Å²) in [5.41, 5.74) is 0. The van der Waals surface area contributed by atoms with Gasteiger partial charge in [0, 0.05) is 0 Å². The number of hydrogen-bond donors (Lipinski definition) is 0. The summed E-state index contributed by atoms with van der Waals surface area (Å²) in [4.78, 5) is 9.70. The predicted octanol–water partition coefficient (Wildman–Crippen LogP) is -1.11. The maximum absolute atomic E-state index is 10.5. The number of carbonyl (C=O) groups excluding carboxylic acids is 1. The minimum Gasteiger partial charge on any atom is -0.461 e. The van der Waals surface area contributed by atoms with Gasteiger partial charge in [0.1, 0.15) is 18.5 Å². The van der Waals surface area contributed by atoms with Crippen molar-refractivity contribution in [1.82, 2.24) is 0 Å². The fraction of sp³-hybridized carbons (Fsp3) is 0.750. The molecule has 5 nitrogen and oxygen atoms in total. The van der Waals surface area contributed by atoms with E-state index in [-0.39, 0.29) is 18.8 Å². The lowest BCUT2D eigenvalue weighted by molar-refractivity contribution is -0.133. The van der Waals surface area contributed by atoms with Crippen molar-refractivity contribution >= 4 is 16.6 Å². The summed E-state index contributed by atoms with van der Waals surface area (Å²) >= 11 is 0. The fourth-order valence-electron chi connectivity index (χ4n) is 0.661. The van der Waals surface area contributed by atoms with Crippen LogP contribution in [0.25, 0.3) is 0 Å². The first kappa shape index (κ1) is 7.49. The van der Waals surface area contributed by atoms with Gasteiger partial charge in [0.15, 0.2) is 0 Å². The van der Waals surface area contributed by atoms with Gasteiger partial charge in [-0.3, -0.25) is 8.98 Å². The average Bonchev–Trinajstić information content (AvgIpc) is 2.12. The number of carbonyl (C=O) groups is 1. The van der Waals surface area contributed by atoms with Crippen molar-refractivity contribution in [3.05, 3.63) is 0 Å². The van der Waals surface area contributed by atoms with Crippen molar-refractivity contribution in [2.24, 2.45) is 0 Å². The Balaban J connectivity index is 2.51. The predicted molar refractivity (Wildman–Crippen MR) is 30.7 cm³/mol. The van der Waals surface area contributed by atoms with E-state index >= 15 is 0 Å². The first-order valence-electron chi connectivity index (χ1n) is 2.60. The van der Waals surface area contributed by atoms with Crippen LogP contribution in [0.1, 0.15) is 0 Å². The van der Waals surface area contributed by atoms with Gasteiger partial charge < -0.3 is 4.74 Å². The van der Waals surface area contributed by atoms with Crippen LogP contribution in [0.2, 0.25) is 0 Å². The Morgan fingerprint density at radius 1 is 1.60 bits per heavy atom. The molecule has 0 aromatic carbocycles. The van der Waals surface area contributed by atoms with Crippen molar-refractivity contribution in [3.63, 3.8) is 0 Å². The Hall–Kier alpha value is -0.620. The zero-order valence-electron chi connectivity index (χ0n) is 5.02. The Morgan fingerprint density at radius 2 is 2.30 bits per heavy atom. The SMILES string of the molecule is O=COC1COS(=O)(=O)C1. The lowest BCUT2D eigenvalue weighted by atomic mass is 10.4.